The lowest BCUT2D eigenvalue weighted by atomic mass is 9.79. The van der Waals surface area contributed by atoms with Gasteiger partial charge in [-0.15, -0.1) is 5.10 Å². The lowest BCUT2D eigenvalue weighted by molar-refractivity contribution is 0.00578. The second-order valence-corrected chi connectivity index (χ2v) is 5.62. The van der Waals surface area contributed by atoms with E-state index in [0.29, 0.717) is 0 Å². The zero-order valence-electron chi connectivity index (χ0n) is 11.0. The topological polar surface area (TPSA) is 48.7 Å². The summed E-state index contributed by atoms with van der Waals surface area (Å²) in [6, 6.07) is 3.91. The minimum atomic E-state index is -0.378. The third-order valence-electron chi connectivity index (χ3n) is 3.88. The van der Waals surface area contributed by atoms with Gasteiger partial charge >= 0.3 is 7.12 Å². The Morgan fingerprint density at radius 2 is 1.83 bits per heavy atom. The molecule has 0 aromatic carbocycles. The number of pyridine rings is 1. The fourth-order valence-electron chi connectivity index (χ4n) is 2.04. The van der Waals surface area contributed by atoms with Crippen LogP contribution in [-0.2, 0) is 9.31 Å². The van der Waals surface area contributed by atoms with Crippen molar-refractivity contribution in [2.75, 3.05) is 0 Å². The average Bonchev–Trinajstić information content (AvgIpc) is 2.81. The fourth-order valence-corrected chi connectivity index (χ4v) is 2.04. The zero-order valence-corrected chi connectivity index (χ0v) is 11.0. The summed E-state index contributed by atoms with van der Waals surface area (Å²) in [6.07, 6.45) is 3.58. The van der Waals surface area contributed by atoms with Gasteiger partial charge < -0.3 is 9.31 Å². The van der Waals surface area contributed by atoms with Crippen LogP contribution in [0, 0.1) is 0 Å². The molecule has 3 rings (SSSR count). The fraction of sp³-hybridized carbons (Fsp3) is 0.500. The molecule has 1 fully saturated rings. The van der Waals surface area contributed by atoms with Crippen LogP contribution in [-0.4, -0.2) is 33.1 Å². The molecular formula is C12H16BN3O2. The van der Waals surface area contributed by atoms with E-state index in [-0.39, 0.29) is 18.3 Å². The van der Waals surface area contributed by atoms with Crippen molar-refractivity contribution < 1.29 is 9.31 Å². The number of rotatable bonds is 1. The quantitative estimate of drug-likeness (QED) is 0.704. The van der Waals surface area contributed by atoms with Gasteiger partial charge in [-0.1, -0.05) is 11.3 Å². The maximum absolute atomic E-state index is 6.04. The molecule has 0 spiro atoms. The highest BCUT2D eigenvalue weighted by Gasteiger charge is 2.52. The molecule has 0 radical (unpaired) electrons. The van der Waals surface area contributed by atoms with E-state index in [1.165, 1.54) is 0 Å². The van der Waals surface area contributed by atoms with Crippen molar-refractivity contribution in [3.63, 3.8) is 0 Å². The van der Waals surface area contributed by atoms with E-state index < -0.39 is 0 Å². The summed E-state index contributed by atoms with van der Waals surface area (Å²) in [6.45, 7) is 8.17. The minimum absolute atomic E-state index is 0.335. The highest BCUT2D eigenvalue weighted by molar-refractivity contribution is 6.64. The molecule has 3 heterocycles. The Balaban J connectivity index is 2.05. The largest absolute Gasteiger partial charge is 0.497 e. The van der Waals surface area contributed by atoms with Crippen LogP contribution in [0.25, 0.3) is 5.52 Å². The number of hydrogen-bond acceptors (Lipinski definition) is 4. The highest BCUT2D eigenvalue weighted by atomic mass is 16.7. The Morgan fingerprint density at radius 3 is 2.50 bits per heavy atom. The molecular weight excluding hydrogens is 229 g/mol. The monoisotopic (exact) mass is 245 g/mol. The molecule has 0 saturated carbocycles. The molecule has 94 valence electrons. The van der Waals surface area contributed by atoms with Crippen LogP contribution in [0.2, 0.25) is 0 Å². The maximum atomic E-state index is 6.04. The molecule has 0 aliphatic carbocycles. The van der Waals surface area contributed by atoms with Gasteiger partial charge in [-0.2, -0.15) is 0 Å². The summed E-state index contributed by atoms with van der Waals surface area (Å²) < 4.78 is 13.8. The van der Waals surface area contributed by atoms with Crippen LogP contribution in [0.15, 0.2) is 24.5 Å². The summed E-state index contributed by atoms with van der Waals surface area (Å²) in [4.78, 5) is 0. The molecule has 6 heteroatoms. The molecule has 0 amide bonds. The number of fused-ring (bicyclic) bond motifs is 1. The van der Waals surface area contributed by atoms with Gasteiger partial charge in [0.15, 0.2) is 0 Å². The Kier molecular flexibility index (Phi) is 2.31. The van der Waals surface area contributed by atoms with Gasteiger partial charge in [-0.25, -0.2) is 4.52 Å². The first-order chi connectivity index (χ1) is 8.41. The summed E-state index contributed by atoms with van der Waals surface area (Å²) in [5.41, 5.74) is 1.20. The Bertz CT molecular complexity index is 578. The Labute approximate surface area is 106 Å². The van der Waals surface area contributed by atoms with Crippen LogP contribution in [0.4, 0.5) is 0 Å². The third kappa shape index (κ3) is 1.56. The van der Waals surface area contributed by atoms with Crippen molar-refractivity contribution in [1.29, 1.82) is 0 Å². The van der Waals surface area contributed by atoms with E-state index in [2.05, 4.69) is 10.3 Å². The van der Waals surface area contributed by atoms with Crippen molar-refractivity contribution >= 4 is 18.1 Å². The van der Waals surface area contributed by atoms with E-state index in [4.69, 9.17) is 9.31 Å². The standard InChI is InChI=1S/C12H16BN3O2/c1-11(2)12(3,4)18-13(17-11)9-6-5-7-16-10(9)8-14-15-16/h5-8H,1-4H3. The normalized spacial score (nSPS) is 21.7. The van der Waals surface area contributed by atoms with Gasteiger partial charge in [0.2, 0.25) is 0 Å². The molecule has 1 aliphatic heterocycles. The van der Waals surface area contributed by atoms with E-state index in [1.807, 2.05) is 46.0 Å². The van der Waals surface area contributed by atoms with Gasteiger partial charge in [0.05, 0.1) is 22.9 Å². The summed E-state index contributed by atoms with van der Waals surface area (Å²) in [5, 5.41) is 7.89. The van der Waals surface area contributed by atoms with Crippen LogP contribution in [0.3, 0.4) is 0 Å². The molecule has 0 unspecified atom stereocenters. The molecule has 5 nitrogen and oxygen atoms in total. The van der Waals surface area contributed by atoms with Gasteiger partial charge in [-0.3, -0.25) is 0 Å². The SMILES string of the molecule is CC1(C)OB(c2cccn3nncc23)OC1(C)C. The zero-order chi connectivity index (χ0) is 13.0. The predicted octanol–water partition coefficient (Wildman–Crippen LogP) is 1.03. The summed E-state index contributed by atoms with van der Waals surface area (Å²) in [7, 11) is -0.378. The van der Waals surface area contributed by atoms with Crippen LogP contribution in [0.1, 0.15) is 27.7 Å². The molecule has 18 heavy (non-hydrogen) atoms. The van der Waals surface area contributed by atoms with E-state index in [0.717, 1.165) is 11.0 Å². The predicted molar refractivity (Wildman–Crippen MR) is 68.7 cm³/mol. The Hall–Kier alpha value is -1.40. The molecule has 1 aliphatic rings. The number of hydrogen-bond donors (Lipinski definition) is 0. The molecule has 1 saturated heterocycles. The number of nitrogens with zero attached hydrogens (tertiary/aromatic N) is 3. The van der Waals surface area contributed by atoms with Crippen molar-refractivity contribution in [1.82, 2.24) is 14.8 Å². The third-order valence-corrected chi connectivity index (χ3v) is 3.88. The van der Waals surface area contributed by atoms with Crippen LogP contribution >= 0.6 is 0 Å². The minimum Gasteiger partial charge on any atom is -0.399 e. The average molecular weight is 245 g/mol. The van der Waals surface area contributed by atoms with E-state index in [1.54, 1.807) is 10.7 Å². The van der Waals surface area contributed by atoms with Crippen molar-refractivity contribution in [2.24, 2.45) is 0 Å². The van der Waals surface area contributed by atoms with Crippen molar-refractivity contribution in [3.8, 4) is 0 Å². The summed E-state index contributed by atoms with van der Waals surface area (Å²) in [5.74, 6) is 0. The van der Waals surface area contributed by atoms with Gasteiger partial charge in [0, 0.05) is 11.7 Å². The lowest BCUT2D eigenvalue weighted by Gasteiger charge is -2.32. The number of aromatic nitrogens is 3. The van der Waals surface area contributed by atoms with Gasteiger partial charge in [-0.05, 0) is 33.8 Å². The highest BCUT2D eigenvalue weighted by Crippen LogP contribution is 2.36. The van der Waals surface area contributed by atoms with Gasteiger partial charge in [0.25, 0.3) is 0 Å². The second kappa shape index (κ2) is 3.55. The lowest BCUT2D eigenvalue weighted by Crippen LogP contribution is -2.41. The molecule has 2 aromatic heterocycles. The maximum Gasteiger partial charge on any atom is 0.497 e. The molecule has 0 bridgehead atoms. The molecule has 0 atom stereocenters. The second-order valence-electron chi connectivity index (χ2n) is 5.62. The molecule has 2 aromatic rings. The van der Waals surface area contributed by atoms with Gasteiger partial charge in [0.1, 0.15) is 0 Å². The smallest absolute Gasteiger partial charge is 0.399 e. The van der Waals surface area contributed by atoms with E-state index in [9.17, 15) is 0 Å². The van der Waals surface area contributed by atoms with Crippen LogP contribution < -0.4 is 5.46 Å². The first-order valence-electron chi connectivity index (χ1n) is 6.05. The Morgan fingerprint density at radius 1 is 1.17 bits per heavy atom. The molecule has 0 N–H and O–H groups in total. The van der Waals surface area contributed by atoms with Crippen LogP contribution in [0.5, 0.6) is 0 Å². The van der Waals surface area contributed by atoms with Crippen molar-refractivity contribution in [2.45, 2.75) is 38.9 Å². The van der Waals surface area contributed by atoms with Crippen molar-refractivity contribution in [3.05, 3.63) is 24.5 Å². The first-order valence-corrected chi connectivity index (χ1v) is 6.05. The van der Waals surface area contributed by atoms with E-state index >= 15 is 0 Å². The summed E-state index contributed by atoms with van der Waals surface area (Å²) >= 11 is 0. The first kappa shape index (κ1) is 11.7.